The van der Waals surface area contributed by atoms with Crippen molar-refractivity contribution in [3.05, 3.63) is 63.6 Å². The molecule has 0 aliphatic rings. The molecular weight excluding hydrogens is 323 g/mol. The molecule has 0 spiro atoms. The van der Waals surface area contributed by atoms with Crippen LogP contribution in [0.15, 0.2) is 42.5 Å². The number of hydrogen-bond donors (Lipinski definition) is 0. The van der Waals surface area contributed by atoms with Gasteiger partial charge in [-0.15, -0.1) is 0 Å². The molecule has 22 heavy (non-hydrogen) atoms. The third kappa shape index (κ3) is 4.93. The van der Waals surface area contributed by atoms with Crippen LogP contribution in [0.2, 0.25) is 10.0 Å². The zero-order valence-corrected chi connectivity index (χ0v) is 14.2. The lowest BCUT2D eigenvalue weighted by Gasteiger charge is -2.11. The van der Waals surface area contributed by atoms with Crippen molar-refractivity contribution in [2.45, 2.75) is 20.5 Å². The first-order valence-corrected chi connectivity index (χ1v) is 7.61. The van der Waals surface area contributed by atoms with Gasteiger partial charge < -0.3 is 9.47 Å². The van der Waals surface area contributed by atoms with E-state index in [4.69, 9.17) is 27.9 Å². The Balaban J connectivity index is 0.00000116. The topological polar surface area (TPSA) is 35.5 Å². The van der Waals surface area contributed by atoms with E-state index in [-0.39, 0.29) is 15.6 Å². The van der Waals surface area contributed by atoms with Gasteiger partial charge in [-0.25, -0.2) is 4.79 Å². The largest absolute Gasteiger partial charge is 0.486 e. The zero-order valence-electron chi connectivity index (χ0n) is 12.7. The van der Waals surface area contributed by atoms with Gasteiger partial charge in [0.25, 0.3) is 0 Å². The summed E-state index contributed by atoms with van der Waals surface area (Å²) in [4.78, 5) is 11.4. The number of methoxy groups -OCH3 is 1. The van der Waals surface area contributed by atoms with Crippen molar-refractivity contribution in [2.75, 3.05) is 7.11 Å². The Labute approximate surface area is 140 Å². The highest BCUT2D eigenvalue weighted by Gasteiger charge is 2.14. The summed E-state index contributed by atoms with van der Waals surface area (Å²) in [6, 6.07) is 12.6. The Morgan fingerprint density at radius 3 is 2.09 bits per heavy atom. The molecule has 0 aliphatic carbocycles. The number of esters is 1. The van der Waals surface area contributed by atoms with Gasteiger partial charge in [-0.05, 0) is 17.7 Å². The fourth-order valence-electron chi connectivity index (χ4n) is 1.66. The van der Waals surface area contributed by atoms with Crippen molar-refractivity contribution in [3.63, 3.8) is 0 Å². The third-order valence-electron chi connectivity index (χ3n) is 2.65. The van der Waals surface area contributed by atoms with Crippen LogP contribution >= 0.6 is 23.2 Å². The number of ether oxygens (including phenoxy) is 2. The molecule has 0 bridgehead atoms. The minimum atomic E-state index is -0.497. The molecule has 0 saturated carbocycles. The van der Waals surface area contributed by atoms with Crippen LogP contribution in [-0.4, -0.2) is 13.1 Å². The number of carbonyl (C=O) groups excluding carboxylic acids is 1. The molecule has 0 aromatic heterocycles. The average Bonchev–Trinajstić information content (AvgIpc) is 2.56. The normalized spacial score (nSPS) is 9.50. The highest BCUT2D eigenvalue weighted by Crippen LogP contribution is 2.35. The molecule has 118 valence electrons. The summed E-state index contributed by atoms with van der Waals surface area (Å²) in [5.41, 5.74) is 1.28. The predicted octanol–water partition coefficient (Wildman–Crippen LogP) is 5.39. The van der Waals surface area contributed by atoms with Crippen molar-refractivity contribution < 1.29 is 14.3 Å². The molecule has 0 amide bonds. The summed E-state index contributed by atoms with van der Waals surface area (Å²) in [5.74, 6) is -0.145. The summed E-state index contributed by atoms with van der Waals surface area (Å²) < 4.78 is 10.2. The van der Waals surface area contributed by atoms with Crippen molar-refractivity contribution in [1.29, 1.82) is 0 Å². The van der Waals surface area contributed by atoms with Crippen molar-refractivity contribution in [3.8, 4) is 5.75 Å². The Bertz CT molecular complexity index is 590. The lowest BCUT2D eigenvalue weighted by molar-refractivity contribution is 0.0600. The maximum Gasteiger partial charge on any atom is 0.337 e. The first kappa shape index (κ1) is 18.3. The minimum absolute atomic E-state index is 0.272. The summed E-state index contributed by atoms with van der Waals surface area (Å²) in [5, 5.41) is 0.544. The molecule has 0 radical (unpaired) electrons. The Kier molecular flexibility index (Phi) is 7.78. The minimum Gasteiger partial charge on any atom is -0.486 e. The maximum absolute atomic E-state index is 11.4. The van der Waals surface area contributed by atoms with Crippen LogP contribution in [0.3, 0.4) is 0 Å². The lowest BCUT2D eigenvalue weighted by atomic mass is 10.2. The number of rotatable bonds is 4. The van der Waals surface area contributed by atoms with Crippen LogP contribution < -0.4 is 4.74 Å². The van der Waals surface area contributed by atoms with Crippen LogP contribution in [0.25, 0.3) is 0 Å². The van der Waals surface area contributed by atoms with Crippen LogP contribution in [0, 0.1) is 0 Å². The van der Waals surface area contributed by atoms with E-state index in [1.807, 2.05) is 44.2 Å². The van der Waals surface area contributed by atoms with E-state index in [9.17, 15) is 4.79 Å². The molecule has 2 aromatic carbocycles. The van der Waals surface area contributed by atoms with E-state index in [1.54, 1.807) is 0 Å². The van der Waals surface area contributed by atoms with Crippen LogP contribution in [-0.2, 0) is 11.3 Å². The standard InChI is InChI=1S/C15H12Cl2O3.C2H6/c1-19-15(18)11-7-12(16)14(13(17)8-11)20-9-10-5-3-2-4-6-10;1-2/h2-8H,9H2,1H3;1-2H3. The number of hydrogen-bond acceptors (Lipinski definition) is 3. The molecule has 3 nitrogen and oxygen atoms in total. The molecule has 0 atom stereocenters. The van der Waals surface area contributed by atoms with Gasteiger partial charge in [-0.1, -0.05) is 67.4 Å². The van der Waals surface area contributed by atoms with Crippen molar-refractivity contribution in [1.82, 2.24) is 0 Å². The Hall–Kier alpha value is -1.71. The zero-order chi connectivity index (χ0) is 16.5. The maximum atomic E-state index is 11.4. The van der Waals surface area contributed by atoms with Gasteiger partial charge in [-0.2, -0.15) is 0 Å². The molecule has 0 fully saturated rings. The second-order valence-corrected chi connectivity index (χ2v) is 4.85. The first-order valence-electron chi connectivity index (χ1n) is 6.86. The van der Waals surface area contributed by atoms with Gasteiger partial charge in [0.2, 0.25) is 0 Å². The first-order chi connectivity index (χ1) is 10.6. The van der Waals surface area contributed by atoms with E-state index in [0.717, 1.165) is 5.56 Å². The van der Waals surface area contributed by atoms with Crippen LogP contribution in [0.1, 0.15) is 29.8 Å². The SMILES string of the molecule is CC.COC(=O)c1cc(Cl)c(OCc2ccccc2)c(Cl)c1. The summed E-state index contributed by atoms with van der Waals surface area (Å²) in [6.07, 6.45) is 0. The van der Waals surface area contributed by atoms with Gasteiger partial charge in [0.05, 0.1) is 22.7 Å². The molecule has 5 heteroatoms. The smallest absolute Gasteiger partial charge is 0.337 e. The van der Waals surface area contributed by atoms with E-state index in [1.165, 1.54) is 19.2 Å². The molecule has 2 aromatic rings. The highest BCUT2D eigenvalue weighted by molar-refractivity contribution is 6.37. The lowest BCUT2D eigenvalue weighted by Crippen LogP contribution is -2.02. The summed E-state index contributed by atoms with van der Waals surface area (Å²) >= 11 is 12.2. The van der Waals surface area contributed by atoms with Gasteiger partial charge in [0.1, 0.15) is 6.61 Å². The van der Waals surface area contributed by atoms with E-state index in [2.05, 4.69) is 4.74 Å². The van der Waals surface area contributed by atoms with Crippen LogP contribution in [0.5, 0.6) is 5.75 Å². The van der Waals surface area contributed by atoms with Crippen LogP contribution in [0.4, 0.5) is 0 Å². The monoisotopic (exact) mass is 340 g/mol. The van der Waals surface area contributed by atoms with Crippen molar-refractivity contribution >= 4 is 29.2 Å². The van der Waals surface area contributed by atoms with Gasteiger partial charge in [0, 0.05) is 0 Å². The third-order valence-corrected chi connectivity index (χ3v) is 3.21. The second kappa shape index (κ2) is 9.34. The fraction of sp³-hybridized carbons (Fsp3) is 0.235. The number of carbonyl (C=O) groups is 1. The van der Waals surface area contributed by atoms with Gasteiger partial charge >= 0.3 is 5.97 Å². The molecule has 0 aliphatic heterocycles. The van der Waals surface area contributed by atoms with Gasteiger partial charge in [0.15, 0.2) is 5.75 Å². The summed E-state index contributed by atoms with van der Waals surface area (Å²) in [7, 11) is 1.30. The van der Waals surface area contributed by atoms with E-state index < -0.39 is 5.97 Å². The number of benzene rings is 2. The molecule has 0 unspecified atom stereocenters. The molecule has 0 saturated heterocycles. The molecule has 0 N–H and O–H groups in total. The molecule has 2 rings (SSSR count). The van der Waals surface area contributed by atoms with Crippen molar-refractivity contribution in [2.24, 2.45) is 0 Å². The van der Waals surface area contributed by atoms with E-state index in [0.29, 0.717) is 12.4 Å². The molecule has 0 heterocycles. The summed E-state index contributed by atoms with van der Waals surface area (Å²) in [6.45, 7) is 4.35. The van der Waals surface area contributed by atoms with Gasteiger partial charge in [-0.3, -0.25) is 0 Å². The quantitative estimate of drug-likeness (QED) is 0.700. The van der Waals surface area contributed by atoms with E-state index >= 15 is 0 Å². The fourth-order valence-corrected chi connectivity index (χ4v) is 2.26. The predicted molar refractivity (Wildman–Crippen MR) is 89.9 cm³/mol. The number of halogens is 2. The Morgan fingerprint density at radius 1 is 1.05 bits per heavy atom. The molecular formula is C17H18Cl2O3. The second-order valence-electron chi connectivity index (χ2n) is 4.03. The highest BCUT2D eigenvalue weighted by atomic mass is 35.5. The Morgan fingerprint density at radius 2 is 1.59 bits per heavy atom. The average molecular weight is 341 g/mol.